The molecule has 0 aliphatic heterocycles. The second-order valence-electron chi connectivity index (χ2n) is 8.17. The highest BCUT2D eigenvalue weighted by molar-refractivity contribution is 7.55. The number of aromatic nitrogens is 1. The van der Waals surface area contributed by atoms with Crippen LogP contribution in [0.15, 0.2) is 67.0 Å². The highest BCUT2D eigenvalue weighted by atomic mass is 31.1. The van der Waals surface area contributed by atoms with Crippen LogP contribution in [0.5, 0.6) is 0 Å². The minimum atomic E-state index is 0.0156. The molecule has 0 bridgehead atoms. The largest absolute Gasteiger partial charge is 0.389 e. The van der Waals surface area contributed by atoms with Gasteiger partial charge >= 0.3 is 0 Å². The number of hydrogen-bond donors (Lipinski definition) is 1. The number of fused-ring (bicyclic) bond motifs is 1. The zero-order valence-corrected chi connectivity index (χ0v) is 20.1. The molecule has 1 aromatic heterocycles. The fourth-order valence-corrected chi connectivity index (χ4v) is 5.03. The van der Waals surface area contributed by atoms with Gasteiger partial charge in [0.05, 0.1) is 19.4 Å². The summed E-state index contributed by atoms with van der Waals surface area (Å²) >= 11 is 0. The number of para-hydroxylation sites is 1. The average molecular weight is 432 g/mol. The Hall–Kier alpha value is -2.44. The van der Waals surface area contributed by atoms with E-state index < -0.39 is 0 Å². The van der Waals surface area contributed by atoms with Gasteiger partial charge in [0.2, 0.25) is 0 Å². The van der Waals surface area contributed by atoms with E-state index in [1.165, 1.54) is 59.2 Å². The normalized spacial score (nSPS) is 11.5. The number of hydrogen-bond acceptors (Lipinski definition) is 2. The molecular formula is C28H36N2P+. The van der Waals surface area contributed by atoms with Crippen LogP contribution >= 0.6 is 7.55 Å². The van der Waals surface area contributed by atoms with Crippen molar-refractivity contribution in [1.29, 1.82) is 0 Å². The number of allylic oxidation sites excluding steroid dienone is 1. The second-order valence-corrected chi connectivity index (χ2v) is 10.6. The van der Waals surface area contributed by atoms with Crippen LogP contribution < -0.4 is 5.32 Å². The second kappa shape index (κ2) is 11.8. The van der Waals surface area contributed by atoms with Crippen LogP contribution in [0, 0.1) is 0 Å². The van der Waals surface area contributed by atoms with E-state index in [0.717, 1.165) is 30.6 Å². The lowest BCUT2D eigenvalue weighted by Crippen LogP contribution is -2.16. The smallest absolute Gasteiger partial charge is 0.106 e. The highest BCUT2D eigenvalue weighted by Crippen LogP contribution is 2.33. The molecule has 1 unspecified atom stereocenters. The molecular weight excluding hydrogens is 395 g/mol. The molecule has 1 heterocycles. The maximum Gasteiger partial charge on any atom is 0.106 e. The Morgan fingerprint density at radius 1 is 0.968 bits per heavy atom. The first-order valence-corrected chi connectivity index (χ1v) is 13.5. The predicted octanol–water partition coefficient (Wildman–Crippen LogP) is 7.21. The minimum Gasteiger partial charge on any atom is -0.389 e. The maximum atomic E-state index is 4.86. The Morgan fingerprint density at radius 3 is 2.52 bits per heavy atom. The Kier molecular flexibility index (Phi) is 8.85. The summed E-state index contributed by atoms with van der Waals surface area (Å²) in [5.74, 6) is 0. The maximum absolute atomic E-state index is 4.86. The van der Waals surface area contributed by atoms with Gasteiger partial charge < -0.3 is 5.32 Å². The van der Waals surface area contributed by atoms with E-state index in [2.05, 4.69) is 86.8 Å². The molecule has 0 saturated carbocycles. The molecule has 1 atom stereocenters. The molecule has 3 heteroatoms. The molecule has 0 saturated heterocycles. The number of unbranched alkanes of at least 4 members (excludes halogenated alkanes) is 2. The Morgan fingerprint density at radius 2 is 1.77 bits per heavy atom. The summed E-state index contributed by atoms with van der Waals surface area (Å²) in [5.41, 5.74) is 7.24. The number of nitrogens with one attached hydrogen (secondary N) is 1. The van der Waals surface area contributed by atoms with Gasteiger partial charge in [0.25, 0.3) is 0 Å². The first-order chi connectivity index (χ1) is 15.1. The van der Waals surface area contributed by atoms with Gasteiger partial charge in [-0.3, -0.25) is 4.98 Å². The molecule has 0 aliphatic carbocycles. The lowest BCUT2D eigenvalue weighted by molar-refractivity contribution is 0.663. The molecule has 2 aromatic carbocycles. The van der Waals surface area contributed by atoms with Crippen LogP contribution in [0.3, 0.4) is 0 Å². The molecule has 0 fully saturated rings. The molecule has 1 N–H and O–H groups in total. The molecule has 162 valence electrons. The van der Waals surface area contributed by atoms with E-state index >= 15 is 0 Å². The molecule has 2 nitrogen and oxygen atoms in total. The molecule has 0 amide bonds. The summed E-state index contributed by atoms with van der Waals surface area (Å²) < 4.78 is 0. The number of benzene rings is 2. The third-order valence-electron chi connectivity index (χ3n) is 5.88. The quantitative estimate of drug-likeness (QED) is 0.242. The van der Waals surface area contributed by atoms with Gasteiger partial charge in [0, 0.05) is 30.2 Å². The minimum absolute atomic E-state index is 0.0156. The van der Waals surface area contributed by atoms with Crippen LogP contribution in [-0.2, 0) is 12.8 Å². The number of aryl methyl sites for hydroxylation is 1. The summed E-state index contributed by atoms with van der Waals surface area (Å²) in [6.45, 7) is 9.74. The van der Waals surface area contributed by atoms with Crippen LogP contribution in [0.25, 0.3) is 22.0 Å². The molecule has 0 radical (unpaired) electrons. The number of rotatable bonds is 12. The van der Waals surface area contributed by atoms with Crippen molar-refractivity contribution >= 4 is 24.7 Å². The topological polar surface area (TPSA) is 24.9 Å². The Balaban J connectivity index is 1.73. The molecule has 31 heavy (non-hydrogen) atoms. The number of nitrogens with zero attached hydrogens (tertiary/aromatic N) is 1. The van der Waals surface area contributed by atoms with Crippen molar-refractivity contribution < 1.29 is 0 Å². The van der Waals surface area contributed by atoms with E-state index in [0.29, 0.717) is 0 Å². The van der Waals surface area contributed by atoms with Crippen molar-refractivity contribution in [2.45, 2.75) is 46.0 Å². The van der Waals surface area contributed by atoms with Gasteiger partial charge in [0.1, 0.15) is 12.3 Å². The highest BCUT2D eigenvalue weighted by Gasteiger charge is 2.13. The summed E-state index contributed by atoms with van der Waals surface area (Å²) in [6.07, 6.45) is 14.4. The third kappa shape index (κ3) is 6.28. The predicted molar refractivity (Wildman–Crippen MR) is 141 cm³/mol. The third-order valence-corrected chi connectivity index (χ3v) is 7.72. The van der Waals surface area contributed by atoms with E-state index in [1.807, 2.05) is 0 Å². The molecule has 3 rings (SSSR count). The Bertz CT molecular complexity index is 1020. The van der Waals surface area contributed by atoms with E-state index in [4.69, 9.17) is 4.98 Å². The summed E-state index contributed by atoms with van der Waals surface area (Å²) in [5, 5.41) is 4.78. The first-order valence-electron chi connectivity index (χ1n) is 11.6. The van der Waals surface area contributed by atoms with Crippen molar-refractivity contribution in [3.05, 3.63) is 78.1 Å². The fourth-order valence-electron chi connectivity index (χ4n) is 4.04. The van der Waals surface area contributed by atoms with Crippen molar-refractivity contribution in [2.24, 2.45) is 0 Å². The van der Waals surface area contributed by atoms with Crippen LogP contribution in [0.1, 0.15) is 44.2 Å². The molecule has 0 spiro atoms. The van der Waals surface area contributed by atoms with Crippen molar-refractivity contribution in [3.63, 3.8) is 0 Å². The van der Waals surface area contributed by atoms with Crippen LogP contribution in [0.2, 0.25) is 0 Å². The number of pyridine rings is 1. The van der Waals surface area contributed by atoms with Gasteiger partial charge in [-0.1, -0.05) is 62.0 Å². The van der Waals surface area contributed by atoms with Gasteiger partial charge in [-0.2, -0.15) is 0 Å². The Labute approximate surface area is 189 Å². The van der Waals surface area contributed by atoms with Crippen molar-refractivity contribution in [3.8, 4) is 11.1 Å². The van der Waals surface area contributed by atoms with Gasteiger partial charge in [-0.05, 0) is 54.9 Å². The van der Waals surface area contributed by atoms with Crippen molar-refractivity contribution in [2.75, 3.05) is 18.9 Å². The summed E-state index contributed by atoms with van der Waals surface area (Å²) in [6, 6.07) is 17.2. The summed E-state index contributed by atoms with van der Waals surface area (Å²) in [7, 11) is 0.0156. The van der Waals surface area contributed by atoms with E-state index in [1.54, 1.807) is 0 Å². The monoisotopic (exact) mass is 431 g/mol. The van der Waals surface area contributed by atoms with Gasteiger partial charge in [0.15, 0.2) is 0 Å². The van der Waals surface area contributed by atoms with Crippen LogP contribution in [-0.4, -0.2) is 30.2 Å². The molecule has 3 aromatic rings. The molecule has 0 aliphatic rings. The SMILES string of the molecule is C=C(Cc1cnc2c(CC)cccc2c1-c1ccccc1)NCCCCC[P+](=C)CC. The standard InChI is InChI=1S/C28H36N2P/c1-5-23-16-13-17-26-27(24-14-9-7-10-15-24)25(21-30-28(23)26)20-22(3)29-18-11-8-12-19-31(4)6-2/h7,9-10,13-17,21,29H,3-6,8,11-12,18-20H2,1-2H3/q+1. The van der Waals surface area contributed by atoms with Gasteiger partial charge in [-0.25, -0.2) is 0 Å². The first kappa shape index (κ1) is 23.2. The zero-order valence-electron chi connectivity index (χ0n) is 19.2. The van der Waals surface area contributed by atoms with E-state index in [9.17, 15) is 0 Å². The lowest BCUT2D eigenvalue weighted by Gasteiger charge is -2.16. The van der Waals surface area contributed by atoms with Crippen molar-refractivity contribution in [1.82, 2.24) is 10.3 Å². The summed E-state index contributed by atoms with van der Waals surface area (Å²) in [4.78, 5) is 4.86. The van der Waals surface area contributed by atoms with Gasteiger partial charge in [-0.15, -0.1) is 0 Å². The zero-order chi connectivity index (χ0) is 22.1. The van der Waals surface area contributed by atoms with E-state index in [-0.39, 0.29) is 7.55 Å². The lowest BCUT2D eigenvalue weighted by atomic mass is 9.93. The fraction of sp³-hybridized carbons (Fsp3) is 0.357. The van der Waals surface area contributed by atoms with Crippen LogP contribution in [0.4, 0.5) is 0 Å². The average Bonchev–Trinajstić information content (AvgIpc) is 2.80.